The lowest BCUT2D eigenvalue weighted by molar-refractivity contribution is -0.122. The number of hydrogen-bond acceptors (Lipinski definition) is 6. The number of barbiturate groups is 1. The minimum atomic E-state index is -1.07. The Hall–Kier alpha value is -4.50. The molecule has 1 saturated heterocycles. The molecule has 0 aromatic heterocycles. The summed E-state index contributed by atoms with van der Waals surface area (Å²) < 4.78 is 24.9. The third kappa shape index (κ3) is 4.90. The first-order chi connectivity index (χ1) is 16.8. The van der Waals surface area contributed by atoms with Gasteiger partial charge in [0, 0.05) is 5.02 Å². The minimum Gasteiger partial charge on any atom is -0.493 e. The van der Waals surface area contributed by atoms with Crippen LogP contribution in [0.4, 0.5) is 14.9 Å². The van der Waals surface area contributed by atoms with Crippen molar-refractivity contribution in [3.8, 4) is 11.5 Å². The summed E-state index contributed by atoms with van der Waals surface area (Å²) in [5.41, 5.74) is -0.101. The largest absolute Gasteiger partial charge is 0.493 e. The van der Waals surface area contributed by atoms with Gasteiger partial charge in [-0.05, 0) is 60.2 Å². The lowest BCUT2D eigenvalue weighted by Gasteiger charge is -2.26. The fourth-order valence-electron chi connectivity index (χ4n) is 3.28. The van der Waals surface area contributed by atoms with Gasteiger partial charge in [0.25, 0.3) is 11.8 Å². The molecular formula is C25H16ClFN2O6. The number of urea groups is 1. The third-order valence-electron chi connectivity index (χ3n) is 4.98. The first-order valence-electron chi connectivity index (χ1n) is 10.1. The van der Waals surface area contributed by atoms with Crippen LogP contribution >= 0.6 is 11.6 Å². The number of nitrogens with zero attached hydrogens (tertiary/aromatic N) is 1. The van der Waals surface area contributed by atoms with Crippen LogP contribution in [0.1, 0.15) is 15.9 Å². The van der Waals surface area contributed by atoms with E-state index in [1.165, 1.54) is 61.7 Å². The molecule has 176 valence electrons. The molecule has 8 nitrogen and oxygen atoms in total. The van der Waals surface area contributed by atoms with Crippen LogP contribution in [-0.2, 0) is 9.59 Å². The van der Waals surface area contributed by atoms with E-state index in [0.29, 0.717) is 15.5 Å². The van der Waals surface area contributed by atoms with Crippen molar-refractivity contribution in [3.05, 3.63) is 94.3 Å². The van der Waals surface area contributed by atoms with E-state index in [-0.39, 0.29) is 22.7 Å². The number of anilines is 1. The summed E-state index contributed by atoms with van der Waals surface area (Å²) in [4.78, 5) is 50.5. The van der Waals surface area contributed by atoms with Crippen molar-refractivity contribution in [2.45, 2.75) is 0 Å². The van der Waals surface area contributed by atoms with Crippen LogP contribution in [0.15, 0.2) is 72.3 Å². The topological polar surface area (TPSA) is 102 Å². The number of hydrogen-bond donors (Lipinski definition) is 1. The van der Waals surface area contributed by atoms with Gasteiger partial charge in [0.05, 0.1) is 18.4 Å². The summed E-state index contributed by atoms with van der Waals surface area (Å²) in [6, 6.07) is 14.6. The van der Waals surface area contributed by atoms with Crippen LogP contribution in [0.3, 0.4) is 0 Å². The number of methoxy groups -OCH3 is 1. The van der Waals surface area contributed by atoms with Crippen molar-refractivity contribution in [3.63, 3.8) is 0 Å². The summed E-state index contributed by atoms with van der Waals surface area (Å²) in [6.07, 6.45) is 1.21. The van der Waals surface area contributed by atoms with Crippen LogP contribution in [0.25, 0.3) is 6.08 Å². The van der Waals surface area contributed by atoms with Crippen LogP contribution in [0.5, 0.6) is 11.5 Å². The molecular weight excluding hydrogens is 479 g/mol. The molecule has 3 aromatic rings. The molecule has 1 fully saturated rings. The summed E-state index contributed by atoms with van der Waals surface area (Å²) >= 11 is 5.83. The van der Waals surface area contributed by atoms with Gasteiger partial charge in [-0.15, -0.1) is 0 Å². The summed E-state index contributed by atoms with van der Waals surface area (Å²) in [6.45, 7) is 0. The Balaban J connectivity index is 1.63. The van der Waals surface area contributed by atoms with Gasteiger partial charge in [0.1, 0.15) is 11.4 Å². The Morgan fingerprint density at radius 2 is 1.71 bits per heavy atom. The number of rotatable bonds is 5. The van der Waals surface area contributed by atoms with Gasteiger partial charge in [0.2, 0.25) is 0 Å². The molecule has 1 heterocycles. The van der Waals surface area contributed by atoms with E-state index in [4.69, 9.17) is 21.1 Å². The number of carbonyl (C=O) groups excluding carboxylic acids is 4. The van der Waals surface area contributed by atoms with Gasteiger partial charge in [0.15, 0.2) is 11.5 Å². The Morgan fingerprint density at radius 1 is 1.00 bits per heavy atom. The number of imide groups is 2. The van der Waals surface area contributed by atoms with Gasteiger partial charge >= 0.3 is 12.0 Å². The predicted molar refractivity (Wildman–Crippen MR) is 125 cm³/mol. The number of benzene rings is 3. The van der Waals surface area contributed by atoms with Gasteiger partial charge in [-0.25, -0.2) is 18.9 Å². The Morgan fingerprint density at radius 3 is 2.40 bits per heavy atom. The molecule has 0 bridgehead atoms. The van der Waals surface area contributed by atoms with E-state index in [1.54, 1.807) is 12.1 Å². The highest BCUT2D eigenvalue weighted by Gasteiger charge is 2.38. The fourth-order valence-corrected chi connectivity index (χ4v) is 3.41. The zero-order valence-corrected chi connectivity index (χ0v) is 18.8. The average molecular weight is 495 g/mol. The number of halogens is 2. The fraction of sp³-hybridized carbons (Fsp3) is 0.0400. The lowest BCUT2D eigenvalue weighted by atomic mass is 10.1. The molecule has 4 amide bonds. The lowest BCUT2D eigenvalue weighted by Crippen LogP contribution is -2.54. The van der Waals surface area contributed by atoms with Crippen LogP contribution in [0.2, 0.25) is 5.02 Å². The zero-order valence-electron chi connectivity index (χ0n) is 18.1. The number of amides is 4. The molecule has 1 aliphatic heterocycles. The number of esters is 1. The number of carbonyl (C=O) groups is 4. The highest BCUT2D eigenvalue weighted by molar-refractivity contribution is 6.39. The van der Waals surface area contributed by atoms with Crippen molar-refractivity contribution >= 4 is 47.2 Å². The molecule has 35 heavy (non-hydrogen) atoms. The van der Waals surface area contributed by atoms with E-state index in [9.17, 15) is 23.6 Å². The van der Waals surface area contributed by atoms with E-state index in [2.05, 4.69) is 0 Å². The summed E-state index contributed by atoms with van der Waals surface area (Å²) in [7, 11) is 1.35. The van der Waals surface area contributed by atoms with Crippen LogP contribution < -0.4 is 19.7 Å². The number of ether oxygens (including phenoxy) is 2. The number of nitrogens with one attached hydrogen (secondary N) is 1. The smallest absolute Gasteiger partial charge is 0.343 e. The Bertz CT molecular complexity index is 1390. The maximum atomic E-state index is 14.2. The normalized spacial score (nSPS) is 14.7. The van der Waals surface area contributed by atoms with Gasteiger partial charge < -0.3 is 9.47 Å². The molecule has 1 aliphatic rings. The monoisotopic (exact) mass is 494 g/mol. The second-order valence-corrected chi connectivity index (χ2v) is 7.65. The molecule has 10 heteroatoms. The molecule has 0 radical (unpaired) electrons. The maximum Gasteiger partial charge on any atom is 0.343 e. The SMILES string of the molecule is COc1cc(/C=C2\C(=O)NC(=O)N(c3ccccc3F)C2=O)ccc1OC(=O)c1ccc(Cl)cc1. The van der Waals surface area contributed by atoms with Crippen LogP contribution in [-0.4, -0.2) is 30.9 Å². The van der Waals surface area contributed by atoms with Crippen molar-refractivity contribution in [1.29, 1.82) is 0 Å². The molecule has 0 unspecified atom stereocenters. The zero-order chi connectivity index (χ0) is 25.1. The third-order valence-corrected chi connectivity index (χ3v) is 5.23. The average Bonchev–Trinajstić information content (AvgIpc) is 2.84. The van der Waals surface area contributed by atoms with Gasteiger partial charge in [-0.1, -0.05) is 29.8 Å². The molecule has 1 N–H and O–H groups in total. The van der Waals surface area contributed by atoms with Crippen molar-refractivity contribution in [2.24, 2.45) is 0 Å². The highest BCUT2D eigenvalue weighted by atomic mass is 35.5. The van der Waals surface area contributed by atoms with Gasteiger partial charge in [-0.3, -0.25) is 14.9 Å². The highest BCUT2D eigenvalue weighted by Crippen LogP contribution is 2.31. The summed E-state index contributed by atoms with van der Waals surface area (Å²) in [5.74, 6) is -3.15. The molecule has 0 aliphatic carbocycles. The first kappa shape index (κ1) is 23.7. The van der Waals surface area contributed by atoms with Gasteiger partial charge in [-0.2, -0.15) is 0 Å². The maximum absolute atomic E-state index is 14.2. The molecule has 3 aromatic carbocycles. The number of para-hydroxylation sites is 1. The van der Waals surface area contributed by atoms with Crippen molar-refractivity contribution in [1.82, 2.24) is 5.32 Å². The second kappa shape index (κ2) is 9.78. The van der Waals surface area contributed by atoms with Crippen LogP contribution in [0, 0.1) is 5.82 Å². The molecule has 0 spiro atoms. The molecule has 0 atom stereocenters. The first-order valence-corrected chi connectivity index (χ1v) is 10.5. The quantitative estimate of drug-likeness (QED) is 0.244. The van der Waals surface area contributed by atoms with E-state index in [1.807, 2.05) is 5.32 Å². The van der Waals surface area contributed by atoms with E-state index in [0.717, 1.165) is 6.07 Å². The Kier molecular flexibility index (Phi) is 6.61. The minimum absolute atomic E-state index is 0.0946. The summed E-state index contributed by atoms with van der Waals surface area (Å²) in [5, 5.41) is 2.49. The standard InChI is InChI=1S/C25H16ClFN2O6/c1-34-21-13-14(6-11-20(21)35-24(32)15-7-9-16(26)10-8-15)12-17-22(30)28-25(33)29(23(17)31)19-5-3-2-4-18(19)27/h2-13H,1H3,(H,28,30,33)/b17-12+. The van der Waals surface area contributed by atoms with Crippen molar-refractivity contribution < 1.29 is 33.0 Å². The van der Waals surface area contributed by atoms with Crippen molar-refractivity contribution in [2.75, 3.05) is 12.0 Å². The molecule has 0 saturated carbocycles. The van der Waals surface area contributed by atoms with E-state index >= 15 is 0 Å². The van der Waals surface area contributed by atoms with E-state index < -0.39 is 35.2 Å². The molecule has 4 rings (SSSR count). The second-order valence-electron chi connectivity index (χ2n) is 7.22. The Labute approximate surface area is 203 Å². The predicted octanol–water partition coefficient (Wildman–Crippen LogP) is 4.37.